The fourth-order valence-corrected chi connectivity index (χ4v) is 7.44. The molecule has 2 rings (SSSR count). The molecule has 62 heavy (non-hydrogen) atoms. The van der Waals surface area contributed by atoms with Crippen molar-refractivity contribution >= 4 is 47.4 Å². The van der Waals surface area contributed by atoms with Gasteiger partial charge in [-0.1, -0.05) is 41.5 Å². The first-order valence-electron chi connectivity index (χ1n) is 21.9. The van der Waals surface area contributed by atoms with Crippen LogP contribution in [-0.4, -0.2) is 121 Å². The molecule has 2 aliphatic rings. The largest absolute Gasteiger partial charge is 0.375 e. The quantitative estimate of drug-likeness (QED) is 0.0723. The third-order valence-corrected chi connectivity index (χ3v) is 10.6. The van der Waals surface area contributed by atoms with E-state index in [9.17, 15) is 38.4 Å². The van der Waals surface area contributed by atoms with Gasteiger partial charge in [0.05, 0.1) is 43.9 Å². The summed E-state index contributed by atoms with van der Waals surface area (Å²) in [5, 5.41) is 6.87. The zero-order valence-corrected chi connectivity index (χ0v) is 38.9. The lowest BCUT2D eigenvalue weighted by atomic mass is 9.72. The zero-order valence-electron chi connectivity index (χ0n) is 38.9. The number of carbonyl (C=O) groups excluding carboxylic acids is 8. The number of nitrogens with one attached hydrogen (secondary N) is 2. The summed E-state index contributed by atoms with van der Waals surface area (Å²) in [5.41, 5.74) is -1.67. The van der Waals surface area contributed by atoms with Crippen molar-refractivity contribution < 1.29 is 67.0 Å². The average Bonchev–Trinajstić information content (AvgIpc) is 3.62. The summed E-state index contributed by atoms with van der Waals surface area (Å²) in [6.07, 6.45) is 4.23. The van der Waals surface area contributed by atoms with Crippen LogP contribution in [0.3, 0.4) is 0 Å². The highest BCUT2D eigenvalue weighted by molar-refractivity contribution is 6.02. The number of nitrogens with zero attached hydrogens (tertiary/aromatic N) is 2. The Kier molecular flexibility index (Phi) is 22.1. The lowest BCUT2D eigenvalue weighted by molar-refractivity contribution is -0.199. The molecule has 6 amide bonds. The van der Waals surface area contributed by atoms with Crippen molar-refractivity contribution in [3.63, 3.8) is 0 Å². The van der Waals surface area contributed by atoms with E-state index in [0.717, 1.165) is 0 Å². The van der Waals surface area contributed by atoms with Gasteiger partial charge in [-0.25, -0.2) is 9.59 Å². The Bertz CT molecular complexity index is 1510. The van der Waals surface area contributed by atoms with Gasteiger partial charge in [0.2, 0.25) is 11.8 Å². The number of hydrogen-bond donors (Lipinski definition) is 2. The van der Waals surface area contributed by atoms with Crippen molar-refractivity contribution in [2.45, 2.75) is 157 Å². The Balaban J connectivity index is 1.50. The first kappa shape index (κ1) is 54.1. The van der Waals surface area contributed by atoms with Gasteiger partial charge in [0, 0.05) is 45.4 Å². The van der Waals surface area contributed by atoms with Crippen LogP contribution < -0.4 is 10.6 Å². The van der Waals surface area contributed by atoms with Crippen LogP contribution in [0, 0.1) is 22.7 Å². The Morgan fingerprint density at radius 2 is 1.05 bits per heavy atom. The normalized spacial score (nSPS) is 16.2. The van der Waals surface area contributed by atoms with E-state index in [1.165, 1.54) is 0 Å². The highest BCUT2D eigenvalue weighted by atomic mass is 16.7. The zero-order chi connectivity index (χ0) is 46.7. The molecule has 0 radical (unpaired) electrons. The van der Waals surface area contributed by atoms with E-state index in [0.29, 0.717) is 81.6 Å². The molecule has 2 heterocycles. The van der Waals surface area contributed by atoms with Crippen molar-refractivity contribution in [2.24, 2.45) is 22.7 Å². The smallest absolute Gasteiger partial charge is 0.333 e. The number of imide groups is 2. The number of hydroxylamine groups is 4. The highest BCUT2D eigenvalue weighted by Gasteiger charge is 2.37. The van der Waals surface area contributed by atoms with Crippen LogP contribution in [0.15, 0.2) is 0 Å². The topological polar surface area (TPSA) is 222 Å². The van der Waals surface area contributed by atoms with E-state index in [2.05, 4.69) is 24.5 Å². The lowest BCUT2D eigenvalue weighted by Crippen LogP contribution is -2.35. The molecule has 2 N–H and O–H groups in total. The second-order valence-corrected chi connectivity index (χ2v) is 19.5. The van der Waals surface area contributed by atoms with Gasteiger partial charge in [-0.15, -0.1) is 10.1 Å². The van der Waals surface area contributed by atoms with Gasteiger partial charge in [0.1, 0.15) is 13.2 Å². The van der Waals surface area contributed by atoms with Crippen molar-refractivity contribution in [3.05, 3.63) is 0 Å². The molecule has 2 saturated heterocycles. The van der Waals surface area contributed by atoms with E-state index >= 15 is 0 Å². The second kappa shape index (κ2) is 25.3. The SMILES string of the molecule is CC(CCNC(=O)COCCC(C)(C)OCCC(C)(C)OCCOCC(=O)NCCC(C)(C)CC(C)(C)CC(=O)ON1C(=O)CCC1=O)CC(C)CC(=O)ON1C(=O)CCC1=O. The molecule has 0 aromatic rings. The fourth-order valence-electron chi connectivity index (χ4n) is 7.44. The predicted molar refractivity (Wildman–Crippen MR) is 225 cm³/mol. The maximum Gasteiger partial charge on any atom is 0.333 e. The maximum absolute atomic E-state index is 12.4. The minimum absolute atomic E-state index is 0.0234. The van der Waals surface area contributed by atoms with Crippen molar-refractivity contribution in [1.29, 1.82) is 0 Å². The van der Waals surface area contributed by atoms with Crippen LogP contribution in [0.4, 0.5) is 0 Å². The summed E-state index contributed by atoms with van der Waals surface area (Å²) in [6.45, 7) is 21.8. The second-order valence-electron chi connectivity index (χ2n) is 19.5. The number of hydrogen-bond acceptors (Lipinski definition) is 14. The standard InChI is InChI=1S/C44H74N4O14/c1-31(25-32(2)26-39(55)61-47-35(51)11-12-36(47)52)15-19-45-33(49)28-57-21-17-43(7,8)59-22-18-44(9,10)60-24-23-58-29-34(50)46-20-16-41(3,4)30-42(5,6)27-40(56)62-48-37(53)13-14-38(48)54/h31-32H,11-30H2,1-10H3,(H,45,49)(H,46,50). The number of amides is 6. The monoisotopic (exact) mass is 883 g/mol. The minimum atomic E-state index is -0.632. The van der Waals surface area contributed by atoms with Crippen LogP contribution in [-0.2, 0) is 67.0 Å². The van der Waals surface area contributed by atoms with Gasteiger partial charge >= 0.3 is 11.9 Å². The lowest BCUT2D eigenvalue weighted by Gasteiger charge is -2.34. The van der Waals surface area contributed by atoms with E-state index in [4.69, 9.17) is 28.6 Å². The van der Waals surface area contributed by atoms with E-state index in [1.807, 2.05) is 55.4 Å². The molecular weight excluding hydrogens is 808 g/mol. The minimum Gasteiger partial charge on any atom is -0.375 e. The molecular formula is C44H74N4O14. The third kappa shape index (κ3) is 22.4. The van der Waals surface area contributed by atoms with Crippen molar-refractivity contribution in [3.8, 4) is 0 Å². The van der Waals surface area contributed by atoms with E-state index in [1.54, 1.807) is 0 Å². The van der Waals surface area contributed by atoms with Gasteiger partial charge in [0.25, 0.3) is 23.6 Å². The van der Waals surface area contributed by atoms with Crippen LogP contribution in [0.25, 0.3) is 0 Å². The molecule has 2 unspecified atom stereocenters. The Morgan fingerprint density at radius 1 is 0.581 bits per heavy atom. The van der Waals surface area contributed by atoms with Crippen LogP contribution >= 0.6 is 0 Å². The van der Waals surface area contributed by atoms with Crippen molar-refractivity contribution in [1.82, 2.24) is 20.8 Å². The molecule has 18 heteroatoms. The molecule has 0 bridgehead atoms. The van der Waals surface area contributed by atoms with Crippen LogP contribution in [0.5, 0.6) is 0 Å². The molecule has 2 aliphatic heterocycles. The third-order valence-electron chi connectivity index (χ3n) is 10.6. The molecule has 0 aromatic heterocycles. The van der Waals surface area contributed by atoms with Crippen LogP contribution in [0.2, 0.25) is 0 Å². The fraction of sp³-hybridized carbons (Fsp3) is 0.818. The molecule has 0 aliphatic carbocycles. The predicted octanol–water partition coefficient (Wildman–Crippen LogP) is 4.50. The summed E-state index contributed by atoms with van der Waals surface area (Å²) in [6, 6.07) is 0. The summed E-state index contributed by atoms with van der Waals surface area (Å²) < 4.78 is 23.2. The summed E-state index contributed by atoms with van der Waals surface area (Å²) >= 11 is 0. The Labute approximate surface area is 367 Å². The number of carbonyl (C=O) groups is 8. The van der Waals surface area contributed by atoms with Gasteiger partial charge in [-0.05, 0) is 88.9 Å². The number of rotatable bonds is 31. The molecule has 2 atom stereocenters. The summed E-state index contributed by atoms with van der Waals surface area (Å²) in [4.78, 5) is 106. The van der Waals surface area contributed by atoms with E-state index in [-0.39, 0.29) is 87.4 Å². The molecule has 0 spiro atoms. The van der Waals surface area contributed by atoms with Gasteiger partial charge in [0.15, 0.2) is 0 Å². The molecule has 354 valence electrons. The van der Waals surface area contributed by atoms with E-state index < -0.39 is 52.2 Å². The molecule has 0 aromatic carbocycles. The highest BCUT2D eigenvalue weighted by Crippen LogP contribution is 2.38. The molecule has 2 fully saturated rings. The Morgan fingerprint density at radius 3 is 1.60 bits per heavy atom. The van der Waals surface area contributed by atoms with Gasteiger partial charge < -0.3 is 39.3 Å². The molecule has 0 saturated carbocycles. The average molecular weight is 883 g/mol. The van der Waals surface area contributed by atoms with Crippen molar-refractivity contribution in [2.75, 3.05) is 52.7 Å². The first-order chi connectivity index (χ1) is 28.8. The summed E-state index contributed by atoms with van der Waals surface area (Å²) in [7, 11) is 0. The summed E-state index contributed by atoms with van der Waals surface area (Å²) in [5.74, 6) is -3.52. The Hall–Kier alpha value is -4.00. The first-order valence-corrected chi connectivity index (χ1v) is 21.9. The van der Waals surface area contributed by atoms with Crippen LogP contribution in [0.1, 0.15) is 146 Å². The van der Waals surface area contributed by atoms with Gasteiger partial charge in [-0.3, -0.25) is 28.8 Å². The maximum atomic E-state index is 12.4. The molecule has 18 nitrogen and oxygen atoms in total. The van der Waals surface area contributed by atoms with Gasteiger partial charge in [-0.2, -0.15) is 0 Å². The number of ether oxygens (including phenoxy) is 4.